The van der Waals surface area contributed by atoms with Crippen LogP contribution in [0.25, 0.3) is 0 Å². The summed E-state index contributed by atoms with van der Waals surface area (Å²) in [5, 5.41) is 3.49. The topological polar surface area (TPSA) is 12.0 Å². The molecule has 0 bridgehead atoms. The quantitative estimate of drug-likeness (QED) is 0.600. The van der Waals surface area contributed by atoms with Crippen LogP contribution in [0.2, 0.25) is 0 Å². The second kappa shape index (κ2) is 3.40. The molecule has 0 aromatic carbocycles. The highest BCUT2D eigenvalue weighted by molar-refractivity contribution is 5.10. The lowest BCUT2D eigenvalue weighted by molar-refractivity contribution is 0.585. The molecule has 1 aliphatic heterocycles. The van der Waals surface area contributed by atoms with Gasteiger partial charge in [-0.3, -0.25) is 0 Å². The van der Waals surface area contributed by atoms with Crippen LogP contribution in [0.3, 0.4) is 0 Å². The van der Waals surface area contributed by atoms with Gasteiger partial charge in [0.2, 0.25) is 0 Å². The predicted octanol–water partition coefficient (Wildman–Crippen LogP) is 2.20. The zero-order chi connectivity index (χ0) is 8.43. The molecule has 1 rings (SSSR count). The Labute approximate surface area is 69.9 Å². The summed E-state index contributed by atoms with van der Waals surface area (Å²) >= 11 is 0. The lowest BCUT2D eigenvalue weighted by atomic mass is 9.94. The first-order valence-corrected chi connectivity index (χ1v) is 4.53. The molecule has 11 heavy (non-hydrogen) atoms. The minimum atomic E-state index is 0.588. The third-order valence-corrected chi connectivity index (χ3v) is 2.54. The Morgan fingerprint density at radius 2 is 2.18 bits per heavy atom. The van der Waals surface area contributed by atoms with Gasteiger partial charge >= 0.3 is 0 Å². The Morgan fingerprint density at radius 3 is 2.55 bits per heavy atom. The maximum Gasteiger partial charge on any atom is 0.0282 e. The van der Waals surface area contributed by atoms with Gasteiger partial charge in [-0.2, -0.15) is 0 Å². The number of hydrogen-bond donors (Lipinski definition) is 1. The van der Waals surface area contributed by atoms with E-state index >= 15 is 0 Å². The molecule has 0 aromatic rings. The smallest absolute Gasteiger partial charge is 0.0282 e. The summed E-state index contributed by atoms with van der Waals surface area (Å²) in [6.07, 6.45) is 1.27. The van der Waals surface area contributed by atoms with Gasteiger partial charge in [0.15, 0.2) is 0 Å². The van der Waals surface area contributed by atoms with E-state index in [2.05, 4.69) is 32.7 Å². The van der Waals surface area contributed by atoms with Gasteiger partial charge in [-0.25, -0.2) is 0 Å². The highest BCUT2D eigenvalue weighted by Crippen LogP contribution is 2.22. The van der Waals surface area contributed by atoms with Crippen molar-refractivity contribution in [2.24, 2.45) is 11.8 Å². The first kappa shape index (κ1) is 8.79. The van der Waals surface area contributed by atoms with Gasteiger partial charge in [0.1, 0.15) is 0 Å². The maximum atomic E-state index is 4.11. The van der Waals surface area contributed by atoms with Crippen molar-refractivity contribution in [2.75, 3.05) is 6.54 Å². The van der Waals surface area contributed by atoms with Crippen LogP contribution in [0.5, 0.6) is 0 Å². The molecule has 1 nitrogen and oxygen atoms in total. The molecular weight excluding hydrogens is 134 g/mol. The van der Waals surface area contributed by atoms with E-state index in [1.165, 1.54) is 12.0 Å². The van der Waals surface area contributed by atoms with Gasteiger partial charge in [-0.15, -0.1) is 0 Å². The highest BCUT2D eigenvalue weighted by atomic mass is 14.9. The lowest BCUT2D eigenvalue weighted by Crippen LogP contribution is -2.25. The van der Waals surface area contributed by atoms with Crippen molar-refractivity contribution in [2.45, 2.75) is 33.2 Å². The largest absolute Gasteiger partial charge is 0.310 e. The summed E-state index contributed by atoms with van der Waals surface area (Å²) in [6.45, 7) is 12.0. The molecule has 0 aromatic heterocycles. The summed E-state index contributed by atoms with van der Waals surface area (Å²) in [5.41, 5.74) is 1.37. The van der Waals surface area contributed by atoms with Gasteiger partial charge in [-0.1, -0.05) is 32.9 Å². The SMILES string of the molecule is C=C(C(C)C)C1CC(C)CN1. The van der Waals surface area contributed by atoms with E-state index in [1.807, 2.05) is 0 Å². The molecule has 1 heterocycles. The van der Waals surface area contributed by atoms with Crippen LogP contribution in [0.4, 0.5) is 0 Å². The zero-order valence-electron chi connectivity index (χ0n) is 7.85. The lowest BCUT2D eigenvalue weighted by Gasteiger charge is -2.16. The average Bonchev–Trinajstić information content (AvgIpc) is 2.34. The molecule has 1 aliphatic rings. The van der Waals surface area contributed by atoms with Gasteiger partial charge in [-0.05, 0) is 24.8 Å². The molecular formula is C10H19N. The van der Waals surface area contributed by atoms with Crippen molar-refractivity contribution in [1.82, 2.24) is 5.32 Å². The van der Waals surface area contributed by atoms with Crippen LogP contribution in [0.1, 0.15) is 27.2 Å². The second-order valence-electron chi connectivity index (χ2n) is 4.03. The van der Waals surface area contributed by atoms with Crippen molar-refractivity contribution in [1.29, 1.82) is 0 Å². The molecule has 0 aliphatic carbocycles. The normalized spacial score (nSPS) is 31.3. The number of rotatable bonds is 2. The molecule has 0 amide bonds. The Hall–Kier alpha value is -0.300. The molecule has 1 heteroatoms. The van der Waals surface area contributed by atoms with Crippen molar-refractivity contribution in [3.8, 4) is 0 Å². The van der Waals surface area contributed by atoms with E-state index in [-0.39, 0.29) is 0 Å². The van der Waals surface area contributed by atoms with E-state index in [4.69, 9.17) is 0 Å². The highest BCUT2D eigenvalue weighted by Gasteiger charge is 2.23. The molecule has 0 radical (unpaired) electrons. The van der Waals surface area contributed by atoms with E-state index < -0.39 is 0 Å². The van der Waals surface area contributed by atoms with Crippen LogP contribution < -0.4 is 5.32 Å². The molecule has 1 saturated heterocycles. The first-order chi connectivity index (χ1) is 5.11. The fourth-order valence-electron chi connectivity index (χ4n) is 1.60. The maximum absolute atomic E-state index is 4.11. The second-order valence-corrected chi connectivity index (χ2v) is 4.03. The summed E-state index contributed by atoms with van der Waals surface area (Å²) in [7, 11) is 0. The molecule has 2 atom stereocenters. The zero-order valence-corrected chi connectivity index (χ0v) is 7.85. The molecule has 1 N–H and O–H groups in total. The van der Waals surface area contributed by atoms with Gasteiger partial charge in [0.05, 0.1) is 0 Å². The van der Waals surface area contributed by atoms with Crippen molar-refractivity contribution in [3.05, 3.63) is 12.2 Å². The molecule has 0 spiro atoms. The van der Waals surface area contributed by atoms with Crippen LogP contribution in [0, 0.1) is 11.8 Å². The molecule has 2 unspecified atom stereocenters. The average molecular weight is 153 g/mol. The van der Waals surface area contributed by atoms with Crippen LogP contribution >= 0.6 is 0 Å². The van der Waals surface area contributed by atoms with Crippen molar-refractivity contribution in [3.63, 3.8) is 0 Å². The Bertz CT molecular complexity index is 149. The fourth-order valence-corrected chi connectivity index (χ4v) is 1.60. The van der Waals surface area contributed by atoms with E-state index in [1.54, 1.807) is 0 Å². The summed E-state index contributed by atoms with van der Waals surface area (Å²) in [4.78, 5) is 0. The van der Waals surface area contributed by atoms with E-state index in [9.17, 15) is 0 Å². The van der Waals surface area contributed by atoms with E-state index in [0.29, 0.717) is 12.0 Å². The molecule has 1 fully saturated rings. The Kier molecular flexibility index (Phi) is 2.72. The number of hydrogen-bond acceptors (Lipinski definition) is 1. The monoisotopic (exact) mass is 153 g/mol. The fraction of sp³-hybridized carbons (Fsp3) is 0.800. The van der Waals surface area contributed by atoms with Crippen molar-refractivity contribution >= 4 is 0 Å². The minimum absolute atomic E-state index is 0.588. The predicted molar refractivity (Wildman–Crippen MR) is 49.5 cm³/mol. The molecule has 64 valence electrons. The Morgan fingerprint density at radius 1 is 1.55 bits per heavy atom. The third kappa shape index (κ3) is 2.06. The van der Waals surface area contributed by atoms with Crippen LogP contribution in [-0.4, -0.2) is 12.6 Å². The van der Waals surface area contributed by atoms with E-state index in [0.717, 1.165) is 12.5 Å². The van der Waals surface area contributed by atoms with Gasteiger partial charge in [0, 0.05) is 6.04 Å². The summed E-state index contributed by atoms with van der Waals surface area (Å²) in [6, 6.07) is 0.588. The first-order valence-electron chi connectivity index (χ1n) is 4.53. The van der Waals surface area contributed by atoms with Crippen LogP contribution in [0.15, 0.2) is 12.2 Å². The van der Waals surface area contributed by atoms with Gasteiger partial charge in [0.25, 0.3) is 0 Å². The molecule has 0 saturated carbocycles. The standard InChI is InChI=1S/C10H19N/c1-7(2)9(4)10-5-8(3)6-11-10/h7-8,10-11H,4-6H2,1-3H3. The van der Waals surface area contributed by atoms with Crippen molar-refractivity contribution < 1.29 is 0 Å². The minimum Gasteiger partial charge on any atom is -0.310 e. The van der Waals surface area contributed by atoms with Crippen LogP contribution in [-0.2, 0) is 0 Å². The summed E-state index contributed by atoms with van der Waals surface area (Å²) < 4.78 is 0. The summed E-state index contributed by atoms with van der Waals surface area (Å²) in [5.74, 6) is 1.45. The van der Waals surface area contributed by atoms with Gasteiger partial charge < -0.3 is 5.32 Å². The third-order valence-electron chi connectivity index (χ3n) is 2.54. The Balaban J connectivity index is 2.43. The number of nitrogens with one attached hydrogen (secondary N) is 1.